The van der Waals surface area contributed by atoms with Crippen LogP contribution in [0, 0.1) is 30.9 Å². The lowest BCUT2D eigenvalue weighted by molar-refractivity contribution is -0.479. The third-order valence-corrected chi connectivity index (χ3v) is 8.20. The molecule has 0 saturated heterocycles. The van der Waals surface area contributed by atoms with Crippen LogP contribution < -0.4 is 4.74 Å². The molecule has 4 aromatic rings. The predicted octanol–water partition coefficient (Wildman–Crippen LogP) is 7.95. The van der Waals surface area contributed by atoms with Gasteiger partial charge < -0.3 is 4.74 Å². The van der Waals surface area contributed by atoms with Crippen LogP contribution in [0.1, 0.15) is 33.3 Å². The van der Waals surface area contributed by atoms with Crippen molar-refractivity contribution in [3.8, 4) is 11.4 Å². The summed E-state index contributed by atoms with van der Waals surface area (Å²) in [6.45, 7) is 5.84. The van der Waals surface area contributed by atoms with Crippen LogP contribution in [0.4, 0.5) is 0 Å². The fraction of sp³-hybridized carbons (Fsp3) is 0.231. The van der Waals surface area contributed by atoms with E-state index in [0.717, 1.165) is 21.3 Å². The van der Waals surface area contributed by atoms with Gasteiger partial charge in [0.1, 0.15) is 23.4 Å². The number of nitrogens with zero attached hydrogens (tertiary/aromatic N) is 4. The first kappa shape index (κ1) is 27.4. The summed E-state index contributed by atoms with van der Waals surface area (Å²) in [7, 11) is 0. The number of hydrogen-bond acceptors (Lipinski definition) is 6. The van der Waals surface area contributed by atoms with E-state index in [1.165, 1.54) is 17.3 Å². The molecule has 3 aromatic carbocycles. The molecule has 0 aliphatic carbocycles. The number of aryl methyl sites for hydroxylation is 3. The second-order valence-electron chi connectivity index (χ2n) is 8.47. The van der Waals surface area contributed by atoms with Crippen LogP contribution in [0.15, 0.2) is 64.2 Å². The first-order valence-corrected chi connectivity index (χ1v) is 13.7. The lowest BCUT2D eigenvalue weighted by Gasteiger charge is -2.19. The zero-order valence-corrected chi connectivity index (χ0v) is 24.2. The molecular weight excluding hydrogens is 599 g/mol. The van der Waals surface area contributed by atoms with Gasteiger partial charge in [-0.1, -0.05) is 63.0 Å². The third-order valence-electron chi connectivity index (χ3n) is 5.80. The number of halogens is 3. The minimum atomic E-state index is -0.592. The Bertz CT molecular complexity index is 1460. The van der Waals surface area contributed by atoms with Gasteiger partial charge in [0, 0.05) is 20.6 Å². The molecule has 0 fully saturated rings. The summed E-state index contributed by atoms with van der Waals surface area (Å²) in [6.07, 6.45) is 0. The fourth-order valence-electron chi connectivity index (χ4n) is 3.74. The zero-order chi connectivity index (χ0) is 26.7. The summed E-state index contributed by atoms with van der Waals surface area (Å²) in [5, 5.41) is 21.2. The molecule has 7 nitrogen and oxygen atoms in total. The lowest BCUT2D eigenvalue weighted by atomic mass is 10.1. The SMILES string of the molecule is Cc1ccc(-n2c(C)nnc2S[C@@H](C[N+](=O)[O-])c2cc(Br)ccc2OCc2ccc(Cl)c(Cl)c2)cc1C. The Morgan fingerprint density at radius 3 is 2.51 bits per heavy atom. The highest BCUT2D eigenvalue weighted by molar-refractivity contribution is 9.10. The largest absolute Gasteiger partial charge is 0.489 e. The maximum atomic E-state index is 11.7. The Morgan fingerprint density at radius 1 is 1.03 bits per heavy atom. The van der Waals surface area contributed by atoms with Crippen LogP contribution in [0.25, 0.3) is 5.69 Å². The average molecular weight is 622 g/mol. The summed E-state index contributed by atoms with van der Waals surface area (Å²) < 4.78 is 8.82. The minimum Gasteiger partial charge on any atom is -0.489 e. The van der Waals surface area contributed by atoms with Crippen LogP contribution in [0.2, 0.25) is 10.0 Å². The van der Waals surface area contributed by atoms with E-state index in [0.29, 0.717) is 32.3 Å². The zero-order valence-electron chi connectivity index (χ0n) is 20.2. The van der Waals surface area contributed by atoms with Gasteiger partial charge in [-0.15, -0.1) is 10.2 Å². The first-order chi connectivity index (χ1) is 17.6. The molecular formula is C26H23BrCl2N4O3S. The van der Waals surface area contributed by atoms with Crippen molar-refractivity contribution in [1.82, 2.24) is 14.8 Å². The van der Waals surface area contributed by atoms with Crippen molar-refractivity contribution >= 4 is 50.9 Å². The van der Waals surface area contributed by atoms with Gasteiger partial charge in [-0.25, -0.2) is 0 Å². The molecule has 0 radical (unpaired) electrons. The lowest BCUT2D eigenvalue weighted by Crippen LogP contribution is -2.13. The van der Waals surface area contributed by atoms with E-state index in [1.807, 2.05) is 55.7 Å². The van der Waals surface area contributed by atoms with Crippen molar-refractivity contribution in [2.75, 3.05) is 6.54 Å². The quantitative estimate of drug-likeness (QED) is 0.107. The van der Waals surface area contributed by atoms with E-state index in [2.05, 4.69) is 32.2 Å². The predicted molar refractivity (Wildman–Crippen MR) is 151 cm³/mol. The van der Waals surface area contributed by atoms with Gasteiger partial charge >= 0.3 is 0 Å². The van der Waals surface area contributed by atoms with Gasteiger partial charge in [-0.2, -0.15) is 0 Å². The summed E-state index contributed by atoms with van der Waals surface area (Å²) in [6, 6.07) is 16.8. The van der Waals surface area contributed by atoms with E-state index in [4.69, 9.17) is 27.9 Å². The molecule has 1 heterocycles. The molecule has 0 amide bonds. The standard InChI is InChI=1S/C26H23BrCl2N4O3S/c1-15-4-7-20(10-16(15)2)33-17(3)30-31-26(33)37-25(13-32(34)35)21-12-19(27)6-9-24(21)36-14-18-5-8-22(28)23(29)11-18/h4-12,25H,13-14H2,1-3H3/t25-/m0/s1. The summed E-state index contributed by atoms with van der Waals surface area (Å²) >= 11 is 16.9. The molecule has 0 N–H and O–H groups in total. The summed E-state index contributed by atoms with van der Waals surface area (Å²) in [4.78, 5) is 11.4. The smallest absolute Gasteiger partial charge is 0.220 e. The Balaban J connectivity index is 1.68. The maximum absolute atomic E-state index is 11.7. The second kappa shape index (κ2) is 11.9. The van der Waals surface area contributed by atoms with Crippen LogP contribution in [-0.4, -0.2) is 26.2 Å². The first-order valence-electron chi connectivity index (χ1n) is 11.3. The van der Waals surface area contributed by atoms with Crippen molar-refractivity contribution < 1.29 is 9.66 Å². The summed E-state index contributed by atoms with van der Waals surface area (Å²) in [5.41, 5.74) is 4.70. The Kier molecular flexibility index (Phi) is 8.79. The minimum absolute atomic E-state index is 0.222. The van der Waals surface area contributed by atoms with Gasteiger partial charge in [-0.3, -0.25) is 14.7 Å². The Hall–Kier alpha value is -2.59. The van der Waals surface area contributed by atoms with Crippen molar-refractivity contribution in [2.45, 2.75) is 37.8 Å². The molecule has 0 unspecified atom stereocenters. The van der Waals surface area contributed by atoms with Gasteiger partial charge in [0.05, 0.1) is 10.0 Å². The monoisotopic (exact) mass is 620 g/mol. The van der Waals surface area contributed by atoms with Crippen molar-refractivity contribution in [3.63, 3.8) is 0 Å². The molecule has 192 valence electrons. The molecule has 37 heavy (non-hydrogen) atoms. The van der Waals surface area contributed by atoms with Crippen LogP contribution >= 0.6 is 50.9 Å². The van der Waals surface area contributed by atoms with E-state index in [-0.39, 0.29) is 18.1 Å². The molecule has 11 heteroatoms. The van der Waals surface area contributed by atoms with Gasteiger partial charge in [-0.05, 0) is 79.9 Å². The number of aromatic nitrogens is 3. The van der Waals surface area contributed by atoms with E-state index < -0.39 is 5.25 Å². The molecule has 1 aromatic heterocycles. The number of benzene rings is 3. The molecule has 0 saturated carbocycles. The van der Waals surface area contributed by atoms with E-state index >= 15 is 0 Å². The van der Waals surface area contributed by atoms with Crippen LogP contribution in [0.3, 0.4) is 0 Å². The molecule has 0 aliphatic rings. The van der Waals surface area contributed by atoms with E-state index in [1.54, 1.807) is 18.2 Å². The number of hydrogen-bond donors (Lipinski definition) is 0. The van der Waals surface area contributed by atoms with Crippen LogP contribution in [0.5, 0.6) is 5.75 Å². The van der Waals surface area contributed by atoms with Crippen LogP contribution in [-0.2, 0) is 6.61 Å². The van der Waals surface area contributed by atoms with Gasteiger partial charge in [0.15, 0.2) is 5.16 Å². The normalized spacial score (nSPS) is 11.9. The molecule has 1 atom stereocenters. The highest BCUT2D eigenvalue weighted by atomic mass is 79.9. The van der Waals surface area contributed by atoms with E-state index in [9.17, 15) is 10.1 Å². The van der Waals surface area contributed by atoms with Gasteiger partial charge in [0.25, 0.3) is 0 Å². The topological polar surface area (TPSA) is 83.1 Å². The number of ether oxygens (including phenoxy) is 1. The Labute approximate surface area is 237 Å². The molecule has 4 rings (SSSR count). The van der Waals surface area contributed by atoms with Crippen molar-refractivity contribution in [3.05, 3.63) is 107 Å². The second-order valence-corrected chi connectivity index (χ2v) is 11.4. The van der Waals surface area contributed by atoms with Crippen molar-refractivity contribution in [1.29, 1.82) is 0 Å². The number of rotatable bonds is 9. The van der Waals surface area contributed by atoms with Gasteiger partial charge in [0.2, 0.25) is 6.54 Å². The molecule has 0 bridgehead atoms. The Morgan fingerprint density at radius 2 is 1.81 bits per heavy atom. The van der Waals surface area contributed by atoms with Crippen molar-refractivity contribution in [2.24, 2.45) is 0 Å². The molecule has 0 aliphatic heterocycles. The average Bonchev–Trinajstić information content (AvgIpc) is 3.21. The fourth-order valence-corrected chi connectivity index (χ4v) is 5.63. The molecule has 0 spiro atoms. The number of nitro groups is 1. The highest BCUT2D eigenvalue weighted by Gasteiger charge is 2.27. The number of thioether (sulfide) groups is 1. The maximum Gasteiger partial charge on any atom is 0.220 e. The third kappa shape index (κ3) is 6.65. The summed E-state index contributed by atoms with van der Waals surface area (Å²) in [5.74, 6) is 1.22. The highest BCUT2D eigenvalue weighted by Crippen LogP contribution is 2.41.